The van der Waals surface area contributed by atoms with Crippen molar-refractivity contribution in [1.29, 1.82) is 5.26 Å². The van der Waals surface area contributed by atoms with E-state index >= 15 is 0 Å². The lowest BCUT2D eigenvalue weighted by Crippen LogP contribution is -2.64. The van der Waals surface area contributed by atoms with Gasteiger partial charge in [0.15, 0.2) is 0 Å². The summed E-state index contributed by atoms with van der Waals surface area (Å²) in [6.07, 6.45) is 2.66. The monoisotopic (exact) mass is 332 g/mol. The minimum absolute atomic E-state index is 0.196. The molecule has 0 radical (unpaired) electrons. The van der Waals surface area contributed by atoms with E-state index in [2.05, 4.69) is 11.2 Å². The zero-order valence-electron chi connectivity index (χ0n) is 14.3. The molecular weight excluding hydrogens is 311 g/mol. The van der Waals surface area contributed by atoms with Gasteiger partial charge in [0.2, 0.25) is 0 Å². The van der Waals surface area contributed by atoms with Crippen molar-refractivity contribution in [2.45, 2.75) is 50.9 Å². The van der Waals surface area contributed by atoms with Gasteiger partial charge >= 0.3 is 13.2 Å². The fourth-order valence-corrected chi connectivity index (χ4v) is 2.98. The van der Waals surface area contributed by atoms with Crippen LogP contribution in [-0.4, -0.2) is 57.3 Å². The molecule has 0 aromatic carbocycles. The van der Waals surface area contributed by atoms with Crippen molar-refractivity contribution in [3.63, 3.8) is 0 Å². The first-order valence-corrected chi connectivity index (χ1v) is 7.86. The average Bonchev–Trinajstić information content (AvgIpc) is 2.97. The zero-order chi connectivity index (χ0) is 17.8. The first-order valence-electron chi connectivity index (χ1n) is 7.86. The maximum atomic E-state index is 11.0. The van der Waals surface area contributed by atoms with Gasteiger partial charge in [0.25, 0.3) is 0 Å². The van der Waals surface area contributed by atoms with Crippen molar-refractivity contribution in [3.05, 3.63) is 12.4 Å². The predicted molar refractivity (Wildman–Crippen MR) is 85.7 cm³/mol. The standard InChI is InChI=1S/C15H21BN4O4/c1-13(2)14(3,4)24-16(23-13)11-7-18-20(8-11)15(5-6-17)9-19(10-15)12(21)22/h7-8H,5,9-10H2,1-4H3,(H,21,22). The van der Waals surface area contributed by atoms with Gasteiger partial charge in [-0.05, 0) is 27.7 Å². The third-order valence-electron chi connectivity index (χ3n) is 5.26. The molecule has 8 nitrogen and oxygen atoms in total. The molecule has 2 aliphatic rings. The molecule has 0 aliphatic carbocycles. The van der Waals surface area contributed by atoms with Gasteiger partial charge in [0.05, 0.1) is 36.8 Å². The van der Waals surface area contributed by atoms with Gasteiger partial charge in [-0.1, -0.05) is 0 Å². The molecule has 0 atom stereocenters. The van der Waals surface area contributed by atoms with Crippen LogP contribution in [0.1, 0.15) is 34.1 Å². The number of likely N-dealkylation sites (tertiary alicyclic amines) is 1. The normalized spacial score (nSPS) is 23.6. The summed E-state index contributed by atoms with van der Waals surface area (Å²) >= 11 is 0. The lowest BCUT2D eigenvalue weighted by molar-refractivity contribution is 0.00578. The molecule has 0 saturated carbocycles. The second kappa shape index (κ2) is 5.23. The Morgan fingerprint density at radius 1 is 1.38 bits per heavy atom. The second-order valence-corrected chi connectivity index (χ2v) is 7.50. The van der Waals surface area contributed by atoms with Crippen molar-refractivity contribution in [1.82, 2.24) is 14.7 Å². The number of hydrogen-bond acceptors (Lipinski definition) is 5. The largest absolute Gasteiger partial charge is 0.498 e. The highest BCUT2D eigenvalue weighted by atomic mass is 16.7. The Kier molecular flexibility index (Phi) is 3.66. The van der Waals surface area contributed by atoms with Crippen LogP contribution >= 0.6 is 0 Å². The summed E-state index contributed by atoms with van der Waals surface area (Å²) in [7, 11) is -0.529. The summed E-state index contributed by atoms with van der Waals surface area (Å²) in [6, 6.07) is 2.13. The Morgan fingerprint density at radius 3 is 2.46 bits per heavy atom. The first kappa shape index (κ1) is 16.8. The number of carbonyl (C=O) groups is 1. The summed E-state index contributed by atoms with van der Waals surface area (Å²) in [4.78, 5) is 12.3. The molecule has 2 saturated heterocycles. The molecule has 2 fully saturated rings. The number of nitriles is 1. The van der Waals surface area contributed by atoms with Crippen LogP contribution in [0.15, 0.2) is 12.4 Å². The molecule has 128 valence electrons. The minimum atomic E-state index is -0.984. The van der Waals surface area contributed by atoms with Gasteiger partial charge in [-0.2, -0.15) is 10.4 Å². The fourth-order valence-electron chi connectivity index (χ4n) is 2.98. The molecule has 1 N–H and O–H groups in total. The van der Waals surface area contributed by atoms with Crippen LogP contribution in [-0.2, 0) is 14.8 Å². The summed E-state index contributed by atoms with van der Waals surface area (Å²) in [5.41, 5.74) is -0.740. The Balaban J connectivity index is 1.81. The summed E-state index contributed by atoms with van der Waals surface area (Å²) in [5, 5.41) is 22.5. The van der Waals surface area contributed by atoms with E-state index in [0.717, 1.165) is 5.46 Å². The Hall–Kier alpha value is -2.05. The summed E-state index contributed by atoms with van der Waals surface area (Å²) in [5.74, 6) is 0. The van der Waals surface area contributed by atoms with Crippen molar-refractivity contribution in [2.24, 2.45) is 0 Å². The minimum Gasteiger partial charge on any atom is -0.465 e. The molecule has 1 amide bonds. The van der Waals surface area contributed by atoms with Gasteiger partial charge in [-0.25, -0.2) is 4.79 Å². The molecule has 0 bridgehead atoms. The molecule has 0 spiro atoms. The molecule has 9 heteroatoms. The predicted octanol–water partition coefficient (Wildman–Crippen LogP) is 0.785. The maximum absolute atomic E-state index is 11.0. The van der Waals surface area contributed by atoms with E-state index < -0.39 is 30.0 Å². The van der Waals surface area contributed by atoms with Crippen LogP contribution in [0.2, 0.25) is 0 Å². The van der Waals surface area contributed by atoms with Crippen LogP contribution in [0.25, 0.3) is 0 Å². The Labute approximate surface area is 141 Å². The van der Waals surface area contributed by atoms with E-state index in [4.69, 9.17) is 19.7 Å². The highest BCUT2D eigenvalue weighted by Crippen LogP contribution is 2.37. The zero-order valence-corrected chi connectivity index (χ0v) is 14.3. The third kappa shape index (κ3) is 2.46. The van der Waals surface area contributed by atoms with Gasteiger partial charge in [0, 0.05) is 17.9 Å². The Bertz CT molecular complexity index is 687. The topological polar surface area (TPSA) is 101 Å². The van der Waals surface area contributed by atoms with Crippen molar-refractivity contribution < 1.29 is 19.2 Å². The van der Waals surface area contributed by atoms with Crippen LogP contribution in [0.5, 0.6) is 0 Å². The molecule has 24 heavy (non-hydrogen) atoms. The molecule has 1 aromatic rings. The van der Waals surface area contributed by atoms with E-state index in [-0.39, 0.29) is 19.5 Å². The van der Waals surface area contributed by atoms with Gasteiger partial charge in [-0.15, -0.1) is 0 Å². The number of hydrogen-bond donors (Lipinski definition) is 1. The van der Waals surface area contributed by atoms with Crippen molar-refractivity contribution in [3.8, 4) is 6.07 Å². The molecule has 3 rings (SSSR count). The number of amides is 1. The van der Waals surface area contributed by atoms with E-state index in [1.54, 1.807) is 17.1 Å². The van der Waals surface area contributed by atoms with Crippen LogP contribution in [0.3, 0.4) is 0 Å². The second-order valence-electron chi connectivity index (χ2n) is 7.50. The molecule has 1 aromatic heterocycles. The van der Waals surface area contributed by atoms with Gasteiger partial charge in [-0.3, -0.25) is 4.68 Å². The first-order chi connectivity index (χ1) is 11.1. The highest BCUT2D eigenvalue weighted by molar-refractivity contribution is 6.62. The highest BCUT2D eigenvalue weighted by Gasteiger charge is 2.53. The molecule has 0 unspecified atom stereocenters. The van der Waals surface area contributed by atoms with E-state index in [1.807, 2.05) is 27.7 Å². The number of aromatic nitrogens is 2. The molecule has 2 aliphatic heterocycles. The lowest BCUT2D eigenvalue weighted by atomic mass is 9.81. The van der Waals surface area contributed by atoms with Gasteiger partial charge < -0.3 is 19.3 Å². The number of rotatable bonds is 3. The van der Waals surface area contributed by atoms with Crippen molar-refractivity contribution >= 4 is 18.7 Å². The summed E-state index contributed by atoms with van der Waals surface area (Å²) < 4.78 is 13.7. The SMILES string of the molecule is CC1(C)OB(c2cnn(C3(CC#N)CN(C(=O)O)C3)c2)OC1(C)C. The lowest BCUT2D eigenvalue weighted by Gasteiger charge is -2.47. The number of nitrogens with zero attached hydrogens (tertiary/aromatic N) is 4. The Morgan fingerprint density at radius 2 is 1.96 bits per heavy atom. The van der Waals surface area contributed by atoms with E-state index in [0.29, 0.717) is 0 Å². The van der Waals surface area contributed by atoms with Gasteiger partial charge in [0.1, 0.15) is 5.54 Å². The third-order valence-corrected chi connectivity index (χ3v) is 5.26. The fraction of sp³-hybridized carbons (Fsp3) is 0.667. The smallest absolute Gasteiger partial charge is 0.465 e. The van der Waals surface area contributed by atoms with E-state index in [9.17, 15) is 4.79 Å². The molecular formula is C15H21BN4O4. The molecule has 3 heterocycles. The maximum Gasteiger partial charge on any atom is 0.498 e. The van der Waals surface area contributed by atoms with Crippen LogP contribution in [0.4, 0.5) is 4.79 Å². The van der Waals surface area contributed by atoms with E-state index in [1.165, 1.54) is 4.90 Å². The van der Waals surface area contributed by atoms with Crippen molar-refractivity contribution in [2.75, 3.05) is 13.1 Å². The van der Waals surface area contributed by atoms with Crippen LogP contribution in [0, 0.1) is 11.3 Å². The average molecular weight is 332 g/mol. The summed E-state index contributed by atoms with van der Waals surface area (Å²) in [6.45, 7) is 8.41. The van der Waals surface area contributed by atoms with Crippen LogP contribution < -0.4 is 5.46 Å². The number of carboxylic acid groups (broad SMARTS) is 1. The quantitative estimate of drug-likeness (QED) is 0.821.